The zero-order chi connectivity index (χ0) is 11.8. The first-order valence-electron chi connectivity index (χ1n) is 6.80. The fourth-order valence-electron chi connectivity index (χ4n) is 3.31. The van der Waals surface area contributed by atoms with Gasteiger partial charge in [0.1, 0.15) is 0 Å². The standard InChI is InChI=1S/C15H22N2/c1-11-8-16-9-12(2)17(11)10-14-7-13-5-3-4-6-15(13)14/h3-6,11-12,14,16H,7-10H2,1-2H3. The summed E-state index contributed by atoms with van der Waals surface area (Å²) in [7, 11) is 0. The Bertz CT molecular complexity index is 392. The highest BCUT2D eigenvalue weighted by Gasteiger charge is 2.32. The third-order valence-electron chi connectivity index (χ3n) is 4.40. The van der Waals surface area contributed by atoms with Crippen LogP contribution in [0.2, 0.25) is 0 Å². The van der Waals surface area contributed by atoms with Gasteiger partial charge >= 0.3 is 0 Å². The van der Waals surface area contributed by atoms with Gasteiger partial charge in [-0.05, 0) is 31.4 Å². The Kier molecular flexibility index (Phi) is 2.93. The minimum atomic E-state index is 0.673. The van der Waals surface area contributed by atoms with Crippen molar-refractivity contribution in [3.63, 3.8) is 0 Å². The molecule has 0 aromatic heterocycles. The Balaban J connectivity index is 1.68. The van der Waals surface area contributed by atoms with Crippen LogP contribution in [0.25, 0.3) is 0 Å². The van der Waals surface area contributed by atoms with Crippen molar-refractivity contribution in [1.29, 1.82) is 0 Å². The van der Waals surface area contributed by atoms with Crippen molar-refractivity contribution in [1.82, 2.24) is 10.2 Å². The summed E-state index contributed by atoms with van der Waals surface area (Å²) in [6.07, 6.45) is 1.28. The van der Waals surface area contributed by atoms with Crippen LogP contribution in [0.3, 0.4) is 0 Å². The van der Waals surface area contributed by atoms with Crippen molar-refractivity contribution >= 4 is 0 Å². The highest BCUT2D eigenvalue weighted by molar-refractivity contribution is 5.40. The van der Waals surface area contributed by atoms with Crippen molar-refractivity contribution in [2.24, 2.45) is 0 Å². The van der Waals surface area contributed by atoms with Crippen molar-refractivity contribution in [2.75, 3.05) is 19.6 Å². The van der Waals surface area contributed by atoms with E-state index in [1.54, 1.807) is 11.1 Å². The molecule has 3 rings (SSSR count). The molecule has 0 radical (unpaired) electrons. The monoisotopic (exact) mass is 230 g/mol. The second kappa shape index (κ2) is 4.43. The van der Waals surface area contributed by atoms with Crippen molar-refractivity contribution in [3.8, 4) is 0 Å². The van der Waals surface area contributed by atoms with Gasteiger partial charge in [0, 0.05) is 37.6 Å². The normalized spacial score (nSPS) is 32.9. The molecule has 1 saturated heterocycles. The van der Waals surface area contributed by atoms with Crippen LogP contribution in [-0.4, -0.2) is 36.6 Å². The van der Waals surface area contributed by atoms with Gasteiger partial charge in [0.05, 0.1) is 0 Å². The van der Waals surface area contributed by atoms with E-state index < -0.39 is 0 Å². The first-order chi connectivity index (χ1) is 8.25. The van der Waals surface area contributed by atoms with Crippen LogP contribution in [0.4, 0.5) is 0 Å². The summed E-state index contributed by atoms with van der Waals surface area (Å²) in [6, 6.07) is 10.3. The molecule has 92 valence electrons. The summed E-state index contributed by atoms with van der Waals surface area (Å²) >= 11 is 0. The van der Waals surface area contributed by atoms with Crippen LogP contribution in [0.5, 0.6) is 0 Å². The van der Waals surface area contributed by atoms with E-state index in [-0.39, 0.29) is 0 Å². The minimum Gasteiger partial charge on any atom is -0.314 e. The van der Waals surface area contributed by atoms with E-state index in [4.69, 9.17) is 0 Å². The first kappa shape index (κ1) is 11.2. The second-order valence-corrected chi connectivity index (χ2v) is 5.65. The third kappa shape index (κ3) is 2.00. The molecule has 2 aliphatic rings. The predicted octanol–water partition coefficient (Wildman–Crippen LogP) is 2.01. The number of nitrogens with one attached hydrogen (secondary N) is 1. The summed E-state index contributed by atoms with van der Waals surface area (Å²) in [5.74, 6) is 0.772. The first-order valence-corrected chi connectivity index (χ1v) is 6.80. The average Bonchev–Trinajstić information content (AvgIpc) is 2.29. The van der Waals surface area contributed by atoms with E-state index in [1.165, 1.54) is 13.0 Å². The molecule has 3 atom stereocenters. The lowest BCUT2D eigenvalue weighted by atomic mass is 9.77. The number of hydrogen-bond acceptors (Lipinski definition) is 2. The molecule has 2 heteroatoms. The lowest BCUT2D eigenvalue weighted by Crippen LogP contribution is -2.56. The van der Waals surface area contributed by atoms with Gasteiger partial charge in [-0.25, -0.2) is 0 Å². The molecule has 0 spiro atoms. The molecule has 0 saturated carbocycles. The molecule has 1 aromatic carbocycles. The second-order valence-electron chi connectivity index (χ2n) is 5.65. The Labute approximate surface area is 104 Å². The summed E-state index contributed by atoms with van der Waals surface area (Å²) in [5.41, 5.74) is 3.15. The zero-order valence-electron chi connectivity index (χ0n) is 10.8. The van der Waals surface area contributed by atoms with E-state index >= 15 is 0 Å². The lowest BCUT2D eigenvalue weighted by molar-refractivity contribution is 0.105. The molecule has 1 N–H and O–H groups in total. The quantitative estimate of drug-likeness (QED) is 0.836. The maximum absolute atomic E-state index is 3.50. The van der Waals surface area contributed by atoms with Gasteiger partial charge in [-0.15, -0.1) is 0 Å². The predicted molar refractivity (Wildman–Crippen MR) is 71.4 cm³/mol. The van der Waals surface area contributed by atoms with Gasteiger partial charge in [-0.2, -0.15) is 0 Å². The smallest absolute Gasteiger partial charge is 0.0195 e. The summed E-state index contributed by atoms with van der Waals surface area (Å²) in [5, 5.41) is 3.50. The Morgan fingerprint density at radius 3 is 2.59 bits per heavy atom. The lowest BCUT2D eigenvalue weighted by Gasteiger charge is -2.43. The molecule has 1 aliphatic carbocycles. The van der Waals surface area contributed by atoms with Crippen molar-refractivity contribution < 1.29 is 0 Å². The molecule has 1 aliphatic heterocycles. The van der Waals surface area contributed by atoms with Gasteiger partial charge in [-0.1, -0.05) is 24.3 Å². The number of hydrogen-bond donors (Lipinski definition) is 1. The van der Waals surface area contributed by atoms with Crippen LogP contribution in [0.1, 0.15) is 30.9 Å². The fraction of sp³-hybridized carbons (Fsp3) is 0.600. The highest BCUT2D eigenvalue weighted by Crippen LogP contribution is 2.36. The molecule has 2 nitrogen and oxygen atoms in total. The SMILES string of the molecule is CC1CNCC(C)N1CC1Cc2ccccc21. The largest absolute Gasteiger partial charge is 0.314 e. The topological polar surface area (TPSA) is 15.3 Å². The number of piperazine rings is 1. The van der Waals surface area contributed by atoms with Crippen LogP contribution >= 0.6 is 0 Å². The number of benzene rings is 1. The summed E-state index contributed by atoms with van der Waals surface area (Å²) < 4.78 is 0. The van der Waals surface area contributed by atoms with Gasteiger partial charge in [-0.3, -0.25) is 4.90 Å². The molecule has 3 unspecified atom stereocenters. The molecule has 17 heavy (non-hydrogen) atoms. The molecule has 1 heterocycles. The van der Waals surface area contributed by atoms with Crippen molar-refractivity contribution in [3.05, 3.63) is 35.4 Å². The minimum absolute atomic E-state index is 0.673. The van der Waals surface area contributed by atoms with Crippen LogP contribution in [-0.2, 0) is 6.42 Å². The van der Waals surface area contributed by atoms with Crippen LogP contribution < -0.4 is 5.32 Å². The molecule has 1 aromatic rings. The Morgan fingerprint density at radius 2 is 1.88 bits per heavy atom. The number of fused-ring (bicyclic) bond motifs is 1. The maximum atomic E-state index is 3.50. The molecule has 1 fully saturated rings. The van der Waals surface area contributed by atoms with Gasteiger partial charge in [0.15, 0.2) is 0 Å². The van der Waals surface area contributed by atoms with Crippen molar-refractivity contribution in [2.45, 2.75) is 38.3 Å². The van der Waals surface area contributed by atoms with E-state index in [9.17, 15) is 0 Å². The molecule has 0 amide bonds. The van der Waals surface area contributed by atoms with Crippen LogP contribution in [0.15, 0.2) is 24.3 Å². The number of rotatable bonds is 2. The Morgan fingerprint density at radius 1 is 1.18 bits per heavy atom. The average molecular weight is 230 g/mol. The van der Waals surface area contributed by atoms with E-state index in [0.717, 1.165) is 19.0 Å². The highest BCUT2D eigenvalue weighted by atomic mass is 15.2. The number of nitrogens with zero attached hydrogens (tertiary/aromatic N) is 1. The zero-order valence-corrected chi connectivity index (χ0v) is 10.8. The molecule has 0 bridgehead atoms. The maximum Gasteiger partial charge on any atom is 0.0195 e. The summed E-state index contributed by atoms with van der Waals surface area (Å²) in [6.45, 7) is 8.19. The Hall–Kier alpha value is -0.860. The van der Waals surface area contributed by atoms with E-state index in [1.807, 2.05) is 0 Å². The van der Waals surface area contributed by atoms with Crippen LogP contribution in [0, 0.1) is 0 Å². The molecular weight excluding hydrogens is 208 g/mol. The van der Waals surface area contributed by atoms with Gasteiger partial charge < -0.3 is 5.32 Å². The van der Waals surface area contributed by atoms with Gasteiger partial charge in [0.25, 0.3) is 0 Å². The fourth-order valence-corrected chi connectivity index (χ4v) is 3.31. The van der Waals surface area contributed by atoms with E-state index in [0.29, 0.717) is 12.1 Å². The van der Waals surface area contributed by atoms with E-state index in [2.05, 4.69) is 48.3 Å². The third-order valence-corrected chi connectivity index (χ3v) is 4.40. The van der Waals surface area contributed by atoms with Gasteiger partial charge in [0.2, 0.25) is 0 Å². The summed E-state index contributed by atoms with van der Waals surface area (Å²) in [4.78, 5) is 2.68. The molecular formula is C15H22N2.